The van der Waals surface area contributed by atoms with E-state index in [0.29, 0.717) is 12.5 Å². The van der Waals surface area contributed by atoms with Gasteiger partial charge in [-0.3, -0.25) is 4.68 Å². The Labute approximate surface area is 164 Å². The molecule has 3 aromatic rings. The van der Waals surface area contributed by atoms with Crippen molar-refractivity contribution in [1.82, 2.24) is 29.4 Å². The Balaban J connectivity index is 1.26. The minimum atomic E-state index is 0.506. The highest BCUT2D eigenvalue weighted by molar-refractivity contribution is 7.99. The van der Waals surface area contributed by atoms with Gasteiger partial charge in [-0.15, -0.1) is 22.0 Å². The van der Waals surface area contributed by atoms with Gasteiger partial charge in [0.2, 0.25) is 0 Å². The second-order valence-electron chi connectivity index (χ2n) is 7.01. The Morgan fingerprint density at radius 3 is 2.63 bits per heavy atom. The first-order valence-electron chi connectivity index (χ1n) is 9.55. The van der Waals surface area contributed by atoms with Crippen LogP contribution >= 0.6 is 11.8 Å². The summed E-state index contributed by atoms with van der Waals surface area (Å²) < 4.78 is 4.05. The minimum Gasteiger partial charge on any atom is -0.316 e. The lowest BCUT2D eigenvalue weighted by atomic mass is 9.96. The number of hydrogen-bond acceptors (Lipinski definition) is 5. The van der Waals surface area contributed by atoms with Crippen LogP contribution in [0.4, 0.5) is 0 Å². The fourth-order valence-corrected chi connectivity index (χ4v) is 4.57. The van der Waals surface area contributed by atoms with Gasteiger partial charge in [0.25, 0.3) is 0 Å². The molecule has 0 spiro atoms. The molecule has 0 bridgehead atoms. The molecule has 0 saturated carbocycles. The van der Waals surface area contributed by atoms with E-state index in [-0.39, 0.29) is 0 Å². The maximum absolute atomic E-state index is 4.50. The molecule has 2 aromatic heterocycles. The third kappa shape index (κ3) is 4.59. The van der Waals surface area contributed by atoms with E-state index in [1.165, 1.54) is 4.90 Å². The van der Waals surface area contributed by atoms with Crippen molar-refractivity contribution in [1.29, 1.82) is 0 Å². The topological polar surface area (TPSA) is 51.8 Å². The van der Waals surface area contributed by atoms with Gasteiger partial charge in [-0.05, 0) is 44.1 Å². The second kappa shape index (κ2) is 8.71. The zero-order chi connectivity index (χ0) is 18.5. The number of piperidine rings is 1. The Hall–Kier alpha value is -2.12. The Morgan fingerprint density at radius 1 is 1.07 bits per heavy atom. The van der Waals surface area contributed by atoms with Gasteiger partial charge >= 0.3 is 0 Å². The van der Waals surface area contributed by atoms with Crippen LogP contribution < -0.4 is 0 Å². The van der Waals surface area contributed by atoms with E-state index in [1.807, 2.05) is 28.7 Å². The number of likely N-dealkylation sites (tertiary alicyclic amines) is 1. The summed E-state index contributed by atoms with van der Waals surface area (Å²) in [5.41, 5.74) is 0. The summed E-state index contributed by atoms with van der Waals surface area (Å²) in [7, 11) is 2.08. The highest BCUT2D eigenvalue weighted by atomic mass is 32.2. The summed E-state index contributed by atoms with van der Waals surface area (Å²) in [6.45, 7) is 4.10. The van der Waals surface area contributed by atoms with Gasteiger partial charge in [0.15, 0.2) is 5.82 Å². The normalized spacial score (nSPS) is 16.0. The van der Waals surface area contributed by atoms with E-state index in [9.17, 15) is 0 Å². The average molecular weight is 383 g/mol. The summed E-state index contributed by atoms with van der Waals surface area (Å²) in [6.07, 6.45) is 6.07. The van der Waals surface area contributed by atoms with Gasteiger partial charge in [-0.2, -0.15) is 5.10 Å². The van der Waals surface area contributed by atoms with Gasteiger partial charge in [0, 0.05) is 42.6 Å². The number of thioether (sulfide) groups is 1. The molecule has 0 N–H and O–H groups in total. The lowest BCUT2D eigenvalue weighted by Crippen LogP contribution is -2.35. The predicted molar refractivity (Wildman–Crippen MR) is 108 cm³/mol. The Bertz CT molecular complexity index is 822. The number of aromatic nitrogens is 5. The number of rotatable bonds is 7. The molecule has 0 atom stereocenters. The van der Waals surface area contributed by atoms with E-state index in [0.717, 1.165) is 49.9 Å². The molecule has 0 unspecified atom stereocenters. The standard InChI is InChI=1S/C20H26N6S/c1-24-19(16-26-11-5-10-21-26)22-23-20(24)17-8-12-25(13-9-17)14-15-27-18-6-3-2-4-7-18/h2-7,10-11,17H,8-9,12-16H2,1H3. The van der Waals surface area contributed by atoms with E-state index in [2.05, 4.69) is 62.1 Å². The summed E-state index contributed by atoms with van der Waals surface area (Å²) >= 11 is 1.94. The van der Waals surface area contributed by atoms with Crippen LogP contribution in [0.5, 0.6) is 0 Å². The maximum atomic E-state index is 4.50. The van der Waals surface area contributed by atoms with E-state index >= 15 is 0 Å². The van der Waals surface area contributed by atoms with Crippen molar-refractivity contribution in [3.63, 3.8) is 0 Å². The van der Waals surface area contributed by atoms with Crippen molar-refractivity contribution in [3.05, 3.63) is 60.4 Å². The molecule has 1 aliphatic heterocycles. The molecule has 142 valence electrons. The molecule has 0 aliphatic carbocycles. The summed E-state index contributed by atoms with van der Waals surface area (Å²) in [4.78, 5) is 3.93. The third-order valence-electron chi connectivity index (χ3n) is 5.23. The second-order valence-corrected chi connectivity index (χ2v) is 8.18. The van der Waals surface area contributed by atoms with Crippen LogP contribution in [0.1, 0.15) is 30.4 Å². The molecule has 0 amide bonds. The number of benzene rings is 1. The molecule has 7 heteroatoms. The molecule has 1 aliphatic rings. The van der Waals surface area contributed by atoms with Gasteiger partial charge < -0.3 is 9.47 Å². The quantitative estimate of drug-likeness (QED) is 0.588. The van der Waals surface area contributed by atoms with Crippen molar-refractivity contribution in [3.8, 4) is 0 Å². The van der Waals surface area contributed by atoms with E-state index < -0.39 is 0 Å². The predicted octanol–water partition coefficient (Wildman–Crippen LogP) is 3.03. The smallest absolute Gasteiger partial charge is 0.154 e. The molecular weight excluding hydrogens is 356 g/mol. The number of hydrogen-bond donors (Lipinski definition) is 0. The Kier molecular flexibility index (Phi) is 5.89. The lowest BCUT2D eigenvalue weighted by molar-refractivity contribution is 0.219. The number of nitrogens with zero attached hydrogens (tertiary/aromatic N) is 6. The molecule has 1 fully saturated rings. The van der Waals surface area contributed by atoms with Crippen LogP contribution in [-0.4, -0.2) is 54.8 Å². The first-order valence-corrected chi connectivity index (χ1v) is 10.5. The zero-order valence-corrected chi connectivity index (χ0v) is 16.6. The van der Waals surface area contributed by atoms with Crippen LogP contribution in [0.25, 0.3) is 0 Å². The molecule has 3 heterocycles. The fraction of sp³-hybridized carbons (Fsp3) is 0.450. The first kappa shape index (κ1) is 18.3. The molecule has 0 radical (unpaired) electrons. The molecular formula is C20H26N6S. The van der Waals surface area contributed by atoms with Crippen LogP contribution in [0, 0.1) is 0 Å². The summed E-state index contributed by atoms with van der Waals surface area (Å²) in [5.74, 6) is 3.74. The van der Waals surface area contributed by atoms with Crippen molar-refractivity contribution in [2.45, 2.75) is 30.2 Å². The van der Waals surface area contributed by atoms with E-state index in [1.54, 1.807) is 6.20 Å². The zero-order valence-electron chi connectivity index (χ0n) is 15.7. The van der Waals surface area contributed by atoms with Crippen molar-refractivity contribution < 1.29 is 0 Å². The van der Waals surface area contributed by atoms with Crippen LogP contribution in [0.15, 0.2) is 53.7 Å². The van der Waals surface area contributed by atoms with Gasteiger partial charge in [-0.25, -0.2) is 0 Å². The van der Waals surface area contributed by atoms with Crippen molar-refractivity contribution in [2.24, 2.45) is 7.05 Å². The first-order chi connectivity index (χ1) is 13.3. The van der Waals surface area contributed by atoms with E-state index in [4.69, 9.17) is 0 Å². The molecule has 6 nitrogen and oxygen atoms in total. The van der Waals surface area contributed by atoms with Gasteiger partial charge in [0.1, 0.15) is 12.4 Å². The van der Waals surface area contributed by atoms with Crippen LogP contribution in [0.2, 0.25) is 0 Å². The maximum Gasteiger partial charge on any atom is 0.154 e. The molecule has 1 aromatic carbocycles. The van der Waals surface area contributed by atoms with Crippen molar-refractivity contribution >= 4 is 11.8 Å². The van der Waals surface area contributed by atoms with Crippen LogP contribution in [-0.2, 0) is 13.6 Å². The minimum absolute atomic E-state index is 0.506. The summed E-state index contributed by atoms with van der Waals surface area (Å²) in [5, 5.41) is 13.2. The van der Waals surface area contributed by atoms with Gasteiger partial charge in [-0.1, -0.05) is 18.2 Å². The van der Waals surface area contributed by atoms with Gasteiger partial charge in [0.05, 0.1) is 0 Å². The highest BCUT2D eigenvalue weighted by Gasteiger charge is 2.25. The molecule has 4 rings (SSSR count). The average Bonchev–Trinajstić information content (AvgIpc) is 3.34. The summed E-state index contributed by atoms with van der Waals surface area (Å²) in [6, 6.07) is 12.6. The SMILES string of the molecule is Cn1c(Cn2cccn2)nnc1C1CCN(CCSc2ccccc2)CC1. The van der Waals surface area contributed by atoms with Crippen molar-refractivity contribution in [2.75, 3.05) is 25.4 Å². The van der Waals surface area contributed by atoms with Crippen LogP contribution in [0.3, 0.4) is 0 Å². The molecule has 1 saturated heterocycles. The molecule has 27 heavy (non-hydrogen) atoms. The largest absolute Gasteiger partial charge is 0.316 e. The monoisotopic (exact) mass is 382 g/mol. The lowest BCUT2D eigenvalue weighted by Gasteiger charge is -2.31. The fourth-order valence-electron chi connectivity index (χ4n) is 3.63. The third-order valence-corrected chi connectivity index (χ3v) is 6.23. The highest BCUT2D eigenvalue weighted by Crippen LogP contribution is 2.27. The Morgan fingerprint density at radius 2 is 1.89 bits per heavy atom.